The van der Waals surface area contributed by atoms with E-state index in [1.807, 2.05) is 12.1 Å². The van der Waals surface area contributed by atoms with E-state index in [1.165, 1.54) is 30.0 Å². The van der Waals surface area contributed by atoms with Gasteiger partial charge in [-0.3, -0.25) is 0 Å². The first-order valence-electron chi connectivity index (χ1n) is 6.41. The number of rotatable bonds is 3. The van der Waals surface area contributed by atoms with E-state index >= 15 is 0 Å². The van der Waals surface area contributed by atoms with Crippen molar-refractivity contribution >= 4 is 15.9 Å². The topological polar surface area (TPSA) is 9.23 Å². The van der Waals surface area contributed by atoms with Crippen LogP contribution in [-0.4, -0.2) is 0 Å². The lowest BCUT2D eigenvalue weighted by Gasteiger charge is -2.10. The van der Waals surface area contributed by atoms with Gasteiger partial charge in [0.25, 0.3) is 0 Å². The molecule has 0 aromatic heterocycles. The maximum absolute atomic E-state index is 13.4. The van der Waals surface area contributed by atoms with Gasteiger partial charge < -0.3 is 4.74 Å². The molecule has 1 nitrogen and oxygen atoms in total. The zero-order valence-electron chi connectivity index (χ0n) is 10.5. The summed E-state index contributed by atoms with van der Waals surface area (Å²) in [4.78, 5) is 0. The molecule has 0 atom stereocenters. The van der Waals surface area contributed by atoms with Gasteiger partial charge in [0, 0.05) is 5.56 Å². The summed E-state index contributed by atoms with van der Waals surface area (Å²) < 4.78 is 19.6. The van der Waals surface area contributed by atoms with Gasteiger partial charge in [-0.2, -0.15) is 0 Å². The lowest BCUT2D eigenvalue weighted by atomic mass is 10.1. The summed E-state index contributed by atoms with van der Waals surface area (Å²) in [6.07, 6.45) is 3.54. The van der Waals surface area contributed by atoms with Crippen LogP contribution in [0.15, 0.2) is 40.9 Å². The monoisotopic (exact) mass is 320 g/mol. The molecule has 0 N–H and O–H groups in total. The van der Waals surface area contributed by atoms with Gasteiger partial charge >= 0.3 is 0 Å². The van der Waals surface area contributed by atoms with Crippen molar-refractivity contribution < 1.29 is 9.13 Å². The fourth-order valence-corrected chi connectivity index (χ4v) is 2.84. The first kappa shape index (κ1) is 12.7. The van der Waals surface area contributed by atoms with Gasteiger partial charge in [0.15, 0.2) is 0 Å². The Kier molecular flexibility index (Phi) is 3.56. The molecule has 1 aliphatic carbocycles. The quantitative estimate of drug-likeness (QED) is 0.799. The van der Waals surface area contributed by atoms with Crippen molar-refractivity contribution in [1.82, 2.24) is 0 Å². The van der Waals surface area contributed by atoms with E-state index < -0.39 is 0 Å². The Morgan fingerprint density at radius 2 is 1.95 bits per heavy atom. The molecule has 3 rings (SSSR count). The first-order chi connectivity index (χ1) is 9.24. The molecule has 0 radical (unpaired) electrons. The van der Waals surface area contributed by atoms with E-state index in [2.05, 4.69) is 28.1 Å². The molecule has 0 unspecified atom stereocenters. The molecule has 0 amide bonds. The van der Waals surface area contributed by atoms with Gasteiger partial charge in [0.2, 0.25) is 0 Å². The van der Waals surface area contributed by atoms with Crippen LogP contribution >= 0.6 is 15.9 Å². The van der Waals surface area contributed by atoms with Gasteiger partial charge in [-0.15, -0.1) is 0 Å². The number of hydrogen-bond donors (Lipinski definition) is 0. The van der Waals surface area contributed by atoms with Gasteiger partial charge in [-0.25, -0.2) is 4.39 Å². The van der Waals surface area contributed by atoms with Crippen LogP contribution in [0.1, 0.15) is 23.1 Å². The highest BCUT2D eigenvalue weighted by atomic mass is 79.9. The second-order valence-corrected chi connectivity index (χ2v) is 5.58. The summed E-state index contributed by atoms with van der Waals surface area (Å²) in [5.41, 5.74) is 3.63. The summed E-state index contributed by atoms with van der Waals surface area (Å²) in [6.45, 7) is 0.372. The predicted octanol–water partition coefficient (Wildman–Crippen LogP) is 4.66. The van der Waals surface area contributed by atoms with Crippen molar-refractivity contribution in [2.24, 2.45) is 0 Å². The maximum Gasteiger partial charge on any atom is 0.137 e. The second kappa shape index (κ2) is 5.33. The van der Waals surface area contributed by atoms with Crippen LogP contribution in [0.2, 0.25) is 0 Å². The van der Waals surface area contributed by atoms with Gasteiger partial charge in [-0.05, 0) is 64.5 Å². The van der Waals surface area contributed by atoms with E-state index in [0.717, 1.165) is 17.7 Å². The van der Waals surface area contributed by atoms with E-state index in [-0.39, 0.29) is 5.82 Å². The minimum absolute atomic E-state index is 0.255. The van der Waals surface area contributed by atoms with Crippen molar-refractivity contribution in [3.63, 3.8) is 0 Å². The summed E-state index contributed by atoms with van der Waals surface area (Å²) in [7, 11) is 0. The van der Waals surface area contributed by atoms with Crippen LogP contribution in [0.5, 0.6) is 5.75 Å². The highest BCUT2D eigenvalue weighted by Crippen LogP contribution is 2.27. The molecule has 0 aliphatic heterocycles. The van der Waals surface area contributed by atoms with Crippen LogP contribution in [0.4, 0.5) is 4.39 Å². The molecule has 3 heteroatoms. The van der Waals surface area contributed by atoms with E-state index in [9.17, 15) is 4.39 Å². The molecule has 0 spiro atoms. The molecular formula is C16H14BrFO. The van der Waals surface area contributed by atoms with E-state index in [4.69, 9.17) is 4.74 Å². The Bertz CT molecular complexity index is 610. The van der Waals surface area contributed by atoms with Crippen molar-refractivity contribution in [3.05, 3.63) is 63.4 Å². The van der Waals surface area contributed by atoms with Crippen LogP contribution < -0.4 is 4.74 Å². The van der Waals surface area contributed by atoms with Crippen molar-refractivity contribution in [2.75, 3.05) is 0 Å². The lowest BCUT2D eigenvalue weighted by molar-refractivity contribution is 0.304. The number of fused-ring (bicyclic) bond motifs is 1. The molecule has 0 fully saturated rings. The molecule has 0 heterocycles. The standard InChI is InChI=1S/C16H14BrFO/c17-16-13(5-2-6-15(16)18)10-19-14-8-7-11-3-1-4-12(11)9-14/h2,5-9H,1,3-4,10H2. The van der Waals surface area contributed by atoms with Crippen molar-refractivity contribution in [3.8, 4) is 5.75 Å². The SMILES string of the molecule is Fc1cccc(COc2ccc3c(c2)CCC3)c1Br. The Labute approximate surface area is 120 Å². The minimum atomic E-state index is -0.255. The molecule has 0 saturated heterocycles. The van der Waals surface area contributed by atoms with Crippen molar-refractivity contribution in [2.45, 2.75) is 25.9 Å². The number of halogens is 2. The van der Waals surface area contributed by atoms with Crippen LogP contribution in [0.3, 0.4) is 0 Å². The largest absolute Gasteiger partial charge is 0.489 e. The smallest absolute Gasteiger partial charge is 0.137 e. The summed E-state index contributed by atoms with van der Waals surface area (Å²) in [5.74, 6) is 0.604. The lowest BCUT2D eigenvalue weighted by Crippen LogP contribution is -1.98. The number of benzene rings is 2. The van der Waals surface area contributed by atoms with Crippen molar-refractivity contribution in [1.29, 1.82) is 0 Å². The Balaban J connectivity index is 1.74. The zero-order chi connectivity index (χ0) is 13.2. The summed E-state index contributed by atoms with van der Waals surface area (Å²) in [6, 6.07) is 11.2. The minimum Gasteiger partial charge on any atom is -0.489 e. The number of hydrogen-bond acceptors (Lipinski definition) is 1. The molecular weight excluding hydrogens is 307 g/mol. The fraction of sp³-hybridized carbons (Fsp3) is 0.250. The third-order valence-corrected chi connectivity index (χ3v) is 4.38. The molecule has 0 saturated carbocycles. The van der Waals surface area contributed by atoms with E-state index in [0.29, 0.717) is 11.1 Å². The first-order valence-corrected chi connectivity index (χ1v) is 7.21. The average Bonchev–Trinajstić information content (AvgIpc) is 2.88. The highest BCUT2D eigenvalue weighted by Gasteiger charge is 2.11. The average molecular weight is 321 g/mol. The summed E-state index contributed by atoms with van der Waals surface area (Å²) >= 11 is 3.25. The summed E-state index contributed by atoms with van der Waals surface area (Å²) in [5, 5.41) is 0. The van der Waals surface area contributed by atoms with E-state index in [1.54, 1.807) is 6.07 Å². The fourth-order valence-electron chi connectivity index (χ4n) is 2.46. The number of ether oxygens (including phenoxy) is 1. The molecule has 0 bridgehead atoms. The molecule has 19 heavy (non-hydrogen) atoms. The third kappa shape index (κ3) is 2.66. The van der Waals surface area contributed by atoms with Crippen LogP contribution in [0.25, 0.3) is 0 Å². The molecule has 2 aromatic rings. The second-order valence-electron chi connectivity index (χ2n) is 4.79. The third-order valence-electron chi connectivity index (χ3n) is 3.50. The predicted molar refractivity (Wildman–Crippen MR) is 76.9 cm³/mol. The molecule has 1 aliphatic rings. The molecule has 98 valence electrons. The van der Waals surface area contributed by atoms with Crippen LogP contribution in [-0.2, 0) is 19.4 Å². The number of aryl methyl sites for hydroxylation is 2. The maximum atomic E-state index is 13.4. The zero-order valence-corrected chi connectivity index (χ0v) is 12.0. The normalized spacial score (nSPS) is 13.4. The van der Waals surface area contributed by atoms with Crippen LogP contribution in [0, 0.1) is 5.82 Å². The Morgan fingerprint density at radius 1 is 1.11 bits per heavy atom. The van der Waals surface area contributed by atoms with Gasteiger partial charge in [-0.1, -0.05) is 18.2 Å². The Hall–Kier alpha value is -1.35. The van der Waals surface area contributed by atoms with Gasteiger partial charge in [0.05, 0.1) is 4.47 Å². The molecule has 2 aromatic carbocycles. The van der Waals surface area contributed by atoms with Gasteiger partial charge in [0.1, 0.15) is 18.2 Å². The highest BCUT2D eigenvalue weighted by molar-refractivity contribution is 9.10. The Morgan fingerprint density at radius 3 is 2.84 bits per heavy atom.